The lowest BCUT2D eigenvalue weighted by Crippen LogP contribution is -2.33. The van der Waals surface area contributed by atoms with Crippen LogP contribution in [0.3, 0.4) is 0 Å². The Hall–Kier alpha value is -3.68. The molecule has 0 bridgehead atoms. The number of aromatic amines is 1. The quantitative estimate of drug-likeness (QED) is 0.649. The molecule has 0 aliphatic carbocycles. The second-order valence-corrected chi connectivity index (χ2v) is 7.32. The lowest BCUT2D eigenvalue weighted by molar-refractivity contribution is 0.156. The zero-order valence-electron chi connectivity index (χ0n) is 16.7. The van der Waals surface area contributed by atoms with E-state index in [2.05, 4.69) is 15.1 Å². The second-order valence-electron chi connectivity index (χ2n) is 7.32. The van der Waals surface area contributed by atoms with Crippen molar-refractivity contribution in [3.05, 3.63) is 86.3 Å². The lowest BCUT2D eigenvalue weighted by Gasteiger charge is -2.33. The third-order valence-corrected chi connectivity index (χ3v) is 5.36. The van der Waals surface area contributed by atoms with Crippen molar-refractivity contribution in [2.45, 2.75) is 32.2 Å². The van der Waals surface area contributed by atoms with Gasteiger partial charge in [0.1, 0.15) is 5.56 Å². The number of para-hydroxylation sites is 1. The second kappa shape index (κ2) is 8.36. The number of H-pyrrole nitrogens is 1. The van der Waals surface area contributed by atoms with Crippen molar-refractivity contribution in [3.63, 3.8) is 0 Å². The first-order chi connectivity index (χ1) is 14.6. The van der Waals surface area contributed by atoms with E-state index in [1.165, 1.54) is 6.21 Å². The van der Waals surface area contributed by atoms with Gasteiger partial charge >= 0.3 is 5.69 Å². The summed E-state index contributed by atoms with van der Waals surface area (Å²) in [4.78, 5) is 31.3. The Kier molecular flexibility index (Phi) is 5.47. The molecule has 30 heavy (non-hydrogen) atoms. The molecule has 2 N–H and O–H groups in total. The first kappa shape index (κ1) is 19.6. The molecular weight excluding hydrogens is 382 g/mol. The fraction of sp³-hybridized carbons (Fsp3) is 0.273. The van der Waals surface area contributed by atoms with Crippen LogP contribution in [0.1, 0.15) is 42.0 Å². The van der Waals surface area contributed by atoms with E-state index in [-0.39, 0.29) is 11.6 Å². The standard InChI is InChI=1S/C22H23N5O3/c1-15-7-2-3-9-18(15)27-21(29)17(20(28)25-22(27)30)14-24-26-12-5-4-10-19(26)16-8-6-11-23-13-16/h2-3,6-9,11,13-14,19,29H,4-5,10,12H2,1H3,(H,25,28,30)/t19-/m0/s1. The van der Waals surface area contributed by atoms with Crippen LogP contribution >= 0.6 is 0 Å². The molecular formula is C22H23N5O3. The topological polar surface area (TPSA) is 104 Å². The third-order valence-electron chi connectivity index (χ3n) is 5.36. The predicted octanol–water partition coefficient (Wildman–Crippen LogP) is 2.50. The maximum atomic E-state index is 12.4. The van der Waals surface area contributed by atoms with E-state index in [1.807, 2.05) is 42.4 Å². The van der Waals surface area contributed by atoms with E-state index in [0.717, 1.165) is 41.5 Å². The van der Waals surface area contributed by atoms with Crippen molar-refractivity contribution in [3.8, 4) is 11.6 Å². The molecule has 3 heterocycles. The fourth-order valence-electron chi connectivity index (χ4n) is 3.79. The van der Waals surface area contributed by atoms with Gasteiger partial charge in [0, 0.05) is 18.9 Å². The predicted molar refractivity (Wildman–Crippen MR) is 114 cm³/mol. The van der Waals surface area contributed by atoms with Crippen molar-refractivity contribution >= 4 is 6.21 Å². The first-order valence-electron chi connectivity index (χ1n) is 9.91. The fourth-order valence-corrected chi connectivity index (χ4v) is 3.79. The number of nitrogens with one attached hydrogen (secondary N) is 1. The number of rotatable bonds is 4. The largest absolute Gasteiger partial charge is 0.493 e. The molecule has 1 aliphatic rings. The Morgan fingerprint density at radius 1 is 1.20 bits per heavy atom. The van der Waals surface area contributed by atoms with Crippen LogP contribution in [0.25, 0.3) is 5.69 Å². The summed E-state index contributed by atoms with van der Waals surface area (Å²) in [6.45, 7) is 2.55. The van der Waals surface area contributed by atoms with Gasteiger partial charge in [-0.25, -0.2) is 9.36 Å². The Balaban J connectivity index is 1.73. The average Bonchev–Trinajstić information content (AvgIpc) is 2.75. The van der Waals surface area contributed by atoms with E-state index in [9.17, 15) is 14.7 Å². The highest BCUT2D eigenvalue weighted by atomic mass is 16.3. The van der Waals surface area contributed by atoms with Crippen LogP contribution in [0.2, 0.25) is 0 Å². The number of hydrogen-bond acceptors (Lipinski definition) is 6. The first-order valence-corrected chi connectivity index (χ1v) is 9.91. The zero-order valence-corrected chi connectivity index (χ0v) is 16.7. The summed E-state index contributed by atoms with van der Waals surface area (Å²) in [6.07, 6.45) is 7.87. The molecule has 2 aromatic heterocycles. The van der Waals surface area contributed by atoms with Crippen molar-refractivity contribution in [1.29, 1.82) is 0 Å². The summed E-state index contributed by atoms with van der Waals surface area (Å²) >= 11 is 0. The van der Waals surface area contributed by atoms with E-state index in [4.69, 9.17) is 0 Å². The van der Waals surface area contributed by atoms with Crippen LogP contribution in [-0.2, 0) is 0 Å². The highest BCUT2D eigenvalue weighted by molar-refractivity contribution is 5.82. The molecule has 0 amide bonds. The molecule has 8 nitrogen and oxygen atoms in total. The van der Waals surface area contributed by atoms with E-state index in [1.54, 1.807) is 18.3 Å². The summed E-state index contributed by atoms with van der Waals surface area (Å²) in [5.41, 5.74) is 0.900. The molecule has 1 saturated heterocycles. The van der Waals surface area contributed by atoms with Crippen LogP contribution in [0, 0.1) is 6.92 Å². The molecule has 8 heteroatoms. The minimum Gasteiger partial charge on any atom is -0.493 e. The average molecular weight is 405 g/mol. The van der Waals surface area contributed by atoms with Crippen LogP contribution in [0.5, 0.6) is 5.88 Å². The van der Waals surface area contributed by atoms with Gasteiger partial charge in [-0.05, 0) is 49.4 Å². The van der Waals surface area contributed by atoms with Gasteiger partial charge in [0.2, 0.25) is 5.88 Å². The van der Waals surface area contributed by atoms with Crippen molar-refractivity contribution in [2.24, 2.45) is 5.10 Å². The maximum Gasteiger partial charge on any atom is 0.335 e. The SMILES string of the molecule is Cc1ccccc1-n1c(O)c(C=NN2CCCC[C@H]2c2cccnc2)c(=O)[nH]c1=O. The van der Waals surface area contributed by atoms with Gasteiger partial charge < -0.3 is 5.11 Å². The van der Waals surface area contributed by atoms with Gasteiger partial charge in [0.25, 0.3) is 5.56 Å². The van der Waals surface area contributed by atoms with Crippen molar-refractivity contribution < 1.29 is 5.11 Å². The summed E-state index contributed by atoms with van der Waals surface area (Å²) in [6, 6.07) is 11.1. The highest BCUT2D eigenvalue weighted by Crippen LogP contribution is 2.30. The number of aryl methyl sites for hydroxylation is 1. The number of pyridine rings is 1. The van der Waals surface area contributed by atoms with E-state index in [0.29, 0.717) is 5.69 Å². The minimum atomic E-state index is -0.699. The third kappa shape index (κ3) is 3.76. The number of nitrogens with zero attached hydrogens (tertiary/aromatic N) is 4. The monoisotopic (exact) mass is 405 g/mol. The maximum absolute atomic E-state index is 12.4. The Labute approximate surface area is 173 Å². The van der Waals surface area contributed by atoms with Gasteiger partial charge in [-0.2, -0.15) is 5.10 Å². The van der Waals surface area contributed by atoms with E-state index < -0.39 is 17.1 Å². The Morgan fingerprint density at radius 2 is 2.03 bits per heavy atom. The molecule has 0 radical (unpaired) electrons. The van der Waals surface area contributed by atoms with Crippen LogP contribution in [0.4, 0.5) is 0 Å². The molecule has 3 aromatic rings. The summed E-state index contributed by atoms with van der Waals surface area (Å²) in [5.74, 6) is -0.434. The molecule has 0 unspecified atom stereocenters. The molecule has 0 spiro atoms. The number of benzene rings is 1. The molecule has 154 valence electrons. The summed E-state index contributed by atoms with van der Waals surface area (Å²) < 4.78 is 1.09. The summed E-state index contributed by atoms with van der Waals surface area (Å²) in [7, 11) is 0. The van der Waals surface area contributed by atoms with E-state index >= 15 is 0 Å². The lowest BCUT2D eigenvalue weighted by atomic mass is 9.98. The Morgan fingerprint density at radius 3 is 2.80 bits per heavy atom. The number of aromatic nitrogens is 3. The molecule has 1 aromatic carbocycles. The minimum absolute atomic E-state index is 0.0483. The van der Waals surface area contributed by atoms with Gasteiger partial charge in [-0.1, -0.05) is 24.3 Å². The molecule has 1 atom stereocenters. The van der Waals surface area contributed by atoms with Gasteiger partial charge in [0.15, 0.2) is 0 Å². The van der Waals surface area contributed by atoms with Crippen molar-refractivity contribution in [2.75, 3.05) is 6.54 Å². The van der Waals surface area contributed by atoms with Crippen LogP contribution in [-0.4, -0.2) is 37.4 Å². The van der Waals surface area contributed by atoms with Crippen LogP contribution in [0.15, 0.2) is 63.5 Å². The Bertz CT molecular complexity index is 1180. The molecule has 1 fully saturated rings. The number of piperidine rings is 1. The summed E-state index contributed by atoms with van der Waals surface area (Å²) in [5, 5.41) is 17.2. The number of aromatic hydroxyl groups is 1. The van der Waals surface area contributed by atoms with Crippen molar-refractivity contribution in [1.82, 2.24) is 19.5 Å². The van der Waals surface area contributed by atoms with Gasteiger partial charge in [-0.15, -0.1) is 0 Å². The highest BCUT2D eigenvalue weighted by Gasteiger charge is 2.23. The zero-order chi connectivity index (χ0) is 21.1. The number of hydrogen-bond donors (Lipinski definition) is 2. The molecule has 1 aliphatic heterocycles. The van der Waals surface area contributed by atoms with Crippen LogP contribution < -0.4 is 11.2 Å². The molecule has 4 rings (SSSR count). The normalized spacial score (nSPS) is 16.8. The van der Waals surface area contributed by atoms with Gasteiger partial charge in [0.05, 0.1) is 17.9 Å². The van der Waals surface area contributed by atoms with Gasteiger partial charge in [-0.3, -0.25) is 19.8 Å². The number of hydrazone groups is 1. The molecule has 0 saturated carbocycles. The smallest absolute Gasteiger partial charge is 0.335 e.